The Morgan fingerprint density at radius 1 is 1.64 bits per heavy atom. The number of rotatable bonds is 3. The molecule has 0 fully saturated rings. The van der Waals surface area contributed by atoms with Gasteiger partial charge in [-0.15, -0.1) is 0 Å². The first-order chi connectivity index (χ1) is 6.38. The van der Waals surface area contributed by atoms with E-state index in [1.54, 1.807) is 0 Å². The normalized spacial score (nSPS) is 11.6. The fraction of sp³-hybridized carbons (Fsp3) is 0.429. The molecule has 0 saturated heterocycles. The van der Waals surface area contributed by atoms with Crippen LogP contribution in [0.1, 0.15) is 6.42 Å². The summed E-state index contributed by atoms with van der Waals surface area (Å²) in [5.41, 5.74) is 4.94. The summed E-state index contributed by atoms with van der Waals surface area (Å²) >= 11 is 4.67. The summed E-state index contributed by atoms with van der Waals surface area (Å²) in [6.45, 7) is -0.240. The quantitative estimate of drug-likeness (QED) is 0.779. The summed E-state index contributed by atoms with van der Waals surface area (Å²) < 4.78 is 25.3. The molecule has 0 radical (unpaired) electrons. The molecule has 0 saturated carbocycles. The van der Waals surface area contributed by atoms with E-state index < -0.39 is 17.4 Å². The van der Waals surface area contributed by atoms with Crippen LogP contribution in [0.5, 0.6) is 0 Å². The molecular weight excluding hydrogens is 216 g/mol. The summed E-state index contributed by atoms with van der Waals surface area (Å²) in [6.07, 6.45) is 0.569. The van der Waals surface area contributed by atoms with Gasteiger partial charge in [0, 0.05) is 12.5 Å². The lowest BCUT2D eigenvalue weighted by atomic mass is 10.4. The lowest BCUT2D eigenvalue weighted by molar-refractivity contribution is 0.0790. The zero-order valence-electron chi connectivity index (χ0n) is 7.08. The first kappa shape index (κ1) is 10.9. The largest absolute Gasteiger partial charge is 0.397 e. The van der Waals surface area contributed by atoms with Crippen LogP contribution in [0.15, 0.2) is 17.1 Å². The number of halogens is 3. The molecule has 78 valence electrons. The third-order valence-electron chi connectivity index (χ3n) is 1.50. The molecule has 0 aromatic carbocycles. The van der Waals surface area contributed by atoms with Crippen molar-refractivity contribution in [1.82, 2.24) is 9.78 Å². The number of nitrogens with zero attached hydrogens (tertiary/aromatic N) is 2. The fourth-order valence-electron chi connectivity index (χ4n) is 0.848. The molecule has 0 bridgehead atoms. The van der Waals surface area contributed by atoms with E-state index in [-0.39, 0.29) is 12.2 Å². The molecule has 0 aliphatic heterocycles. The number of nitrogen functional groups attached to an aromatic ring is 1. The number of nitrogens with two attached hydrogens (primary N) is 1. The number of anilines is 1. The van der Waals surface area contributed by atoms with Crippen molar-refractivity contribution >= 4 is 17.3 Å². The van der Waals surface area contributed by atoms with Gasteiger partial charge in [-0.2, -0.15) is 13.9 Å². The number of aromatic nitrogens is 2. The SMILES string of the molecule is Nc1cnn(CCC(F)(F)Cl)c(=O)c1. The van der Waals surface area contributed by atoms with Crippen molar-refractivity contribution in [3.63, 3.8) is 0 Å². The van der Waals surface area contributed by atoms with E-state index in [1.807, 2.05) is 0 Å². The molecule has 0 aliphatic rings. The Hall–Kier alpha value is -1.17. The van der Waals surface area contributed by atoms with Gasteiger partial charge < -0.3 is 5.73 Å². The third-order valence-corrected chi connectivity index (χ3v) is 1.69. The molecule has 2 N–H and O–H groups in total. The van der Waals surface area contributed by atoms with Gasteiger partial charge in [-0.25, -0.2) is 4.68 Å². The molecule has 0 atom stereocenters. The lowest BCUT2D eigenvalue weighted by Crippen LogP contribution is -2.24. The van der Waals surface area contributed by atoms with Crippen LogP contribution in [0.25, 0.3) is 0 Å². The maximum atomic E-state index is 12.2. The van der Waals surface area contributed by atoms with Gasteiger partial charge in [0.15, 0.2) is 0 Å². The molecule has 0 unspecified atom stereocenters. The second-order valence-electron chi connectivity index (χ2n) is 2.72. The molecule has 0 amide bonds. The van der Waals surface area contributed by atoms with Gasteiger partial charge >= 0.3 is 5.38 Å². The van der Waals surface area contributed by atoms with Gasteiger partial charge in [0.2, 0.25) is 0 Å². The van der Waals surface area contributed by atoms with Crippen LogP contribution >= 0.6 is 11.6 Å². The van der Waals surface area contributed by atoms with Gasteiger partial charge in [0.1, 0.15) is 0 Å². The van der Waals surface area contributed by atoms with Crippen molar-refractivity contribution in [2.45, 2.75) is 18.3 Å². The Morgan fingerprint density at radius 3 is 2.79 bits per heavy atom. The number of aryl methyl sites for hydroxylation is 1. The molecule has 1 heterocycles. The van der Waals surface area contributed by atoms with E-state index in [0.717, 1.165) is 10.7 Å². The van der Waals surface area contributed by atoms with Gasteiger partial charge in [-0.3, -0.25) is 4.79 Å². The smallest absolute Gasteiger partial charge is 0.323 e. The van der Waals surface area contributed by atoms with Crippen LogP contribution in [-0.4, -0.2) is 15.2 Å². The number of hydrogen-bond acceptors (Lipinski definition) is 3. The van der Waals surface area contributed by atoms with Gasteiger partial charge in [-0.1, -0.05) is 0 Å². The van der Waals surface area contributed by atoms with Gasteiger partial charge in [-0.05, 0) is 11.6 Å². The first-order valence-corrected chi connectivity index (χ1v) is 4.16. The molecular formula is C7H8ClF2N3O. The minimum Gasteiger partial charge on any atom is -0.397 e. The van der Waals surface area contributed by atoms with E-state index in [4.69, 9.17) is 5.73 Å². The molecule has 1 aromatic rings. The summed E-state index contributed by atoms with van der Waals surface area (Å²) in [7, 11) is 0. The molecule has 1 rings (SSSR count). The zero-order valence-corrected chi connectivity index (χ0v) is 7.84. The van der Waals surface area contributed by atoms with Crippen molar-refractivity contribution in [3.05, 3.63) is 22.6 Å². The summed E-state index contributed by atoms with van der Waals surface area (Å²) in [5, 5.41) is 0.251. The summed E-state index contributed by atoms with van der Waals surface area (Å²) in [6, 6.07) is 1.11. The minimum atomic E-state index is -3.32. The van der Waals surface area contributed by atoms with Crippen LogP contribution in [-0.2, 0) is 6.54 Å². The van der Waals surface area contributed by atoms with Crippen LogP contribution in [0.3, 0.4) is 0 Å². The standard InChI is InChI=1S/C7H8ClF2N3O/c8-7(9,10)1-2-13-6(14)3-5(11)4-12-13/h3-4H,1-2,11H2. The molecule has 1 aromatic heterocycles. The van der Waals surface area contributed by atoms with E-state index >= 15 is 0 Å². The van der Waals surface area contributed by atoms with Crippen molar-refractivity contribution in [2.75, 3.05) is 5.73 Å². The van der Waals surface area contributed by atoms with Crippen molar-refractivity contribution in [1.29, 1.82) is 0 Å². The monoisotopic (exact) mass is 223 g/mol. The average molecular weight is 224 g/mol. The maximum Gasteiger partial charge on any atom is 0.323 e. The van der Waals surface area contributed by atoms with E-state index in [0.29, 0.717) is 0 Å². The second-order valence-corrected chi connectivity index (χ2v) is 3.27. The molecule has 7 heteroatoms. The van der Waals surface area contributed by atoms with Crippen molar-refractivity contribution in [3.8, 4) is 0 Å². The van der Waals surface area contributed by atoms with E-state index in [1.165, 1.54) is 6.20 Å². The number of hydrogen-bond donors (Lipinski definition) is 1. The molecule has 0 aliphatic carbocycles. The third kappa shape index (κ3) is 3.29. The zero-order chi connectivity index (χ0) is 10.8. The van der Waals surface area contributed by atoms with E-state index in [9.17, 15) is 13.6 Å². The fourth-order valence-corrected chi connectivity index (χ4v) is 0.933. The maximum absolute atomic E-state index is 12.2. The predicted molar refractivity (Wildman–Crippen MR) is 48.3 cm³/mol. The highest BCUT2D eigenvalue weighted by Gasteiger charge is 2.24. The van der Waals surface area contributed by atoms with Gasteiger partial charge in [0.25, 0.3) is 5.56 Å². The molecule has 14 heavy (non-hydrogen) atoms. The lowest BCUT2D eigenvalue weighted by Gasteiger charge is -2.08. The Bertz CT molecular complexity index is 374. The highest BCUT2D eigenvalue weighted by molar-refractivity contribution is 6.21. The minimum absolute atomic E-state index is 0.198. The summed E-state index contributed by atoms with van der Waals surface area (Å²) in [4.78, 5) is 11.1. The van der Waals surface area contributed by atoms with Crippen LogP contribution in [0.2, 0.25) is 0 Å². The Labute approximate surface area is 83.3 Å². The average Bonchev–Trinajstić information content (AvgIpc) is 2.00. The topological polar surface area (TPSA) is 60.9 Å². The molecule has 4 nitrogen and oxygen atoms in total. The Morgan fingerprint density at radius 2 is 2.29 bits per heavy atom. The Balaban J connectivity index is 2.74. The number of alkyl halides is 3. The highest BCUT2D eigenvalue weighted by atomic mass is 35.5. The van der Waals surface area contributed by atoms with Crippen LogP contribution in [0.4, 0.5) is 14.5 Å². The predicted octanol–water partition coefficient (Wildman–Crippen LogP) is 1.05. The highest BCUT2D eigenvalue weighted by Crippen LogP contribution is 2.23. The van der Waals surface area contributed by atoms with Crippen molar-refractivity contribution in [2.24, 2.45) is 0 Å². The molecule has 0 spiro atoms. The summed E-state index contributed by atoms with van der Waals surface area (Å²) in [5.74, 6) is 0. The Kier molecular flexibility index (Phi) is 3.05. The van der Waals surface area contributed by atoms with Gasteiger partial charge in [0.05, 0.1) is 18.4 Å². The second kappa shape index (κ2) is 3.91. The van der Waals surface area contributed by atoms with Crippen LogP contribution in [0, 0.1) is 0 Å². The van der Waals surface area contributed by atoms with Crippen LogP contribution < -0.4 is 11.3 Å². The van der Waals surface area contributed by atoms with E-state index in [2.05, 4.69) is 16.7 Å². The van der Waals surface area contributed by atoms with Crippen molar-refractivity contribution < 1.29 is 8.78 Å². The first-order valence-electron chi connectivity index (χ1n) is 3.78.